The molecule has 0 spiro atoms. The van der Waals surface area contributed by atoms with Crippen LogP contribution in [0.15, 0.2) is 18.3 Å². The number of hydrogen-bond acceptors (Lipinski definition) is 2. The summed E-state index contributed by atoms with van der Waals surface area (Å²) in [6, 6.07) is 4.28. The van der Waals surface area contributed by atoms with Crippen molar-refractivity contribution in [1.29, 1.82) is 0 Å². The molecule has 0 N–H and O–H groups in total. The highest BCUT2D eigenvalue weighted by atomic mass is 15.2. The molecular formula is C13H20N2. The van der Waals surface area contributed by atoms with E-state index < -0.39 is 0 Å². The summed E-state index contributed by atoms with van der Waals surface area (Å²) in [7, 11) is 0. The maximum atomic E-state index is 4.35. The van der Waals surface area contributed by atoms with Gasteiger partial charge in [-0.3, -0.25) is 4.98 Å². The van der Waals surface area contributed by atoms with E-state index in [2.05, 4.69) is 35.9 Å². The van der Waals surface area contributed by atoms with E-state index in [0.717, 1.165) is 17.5 Å². The molecule has 0 aliphatic carbocycles. The zero-order valence-electron chi connectivity index (χ0n) is 9.90. The van der Waals surface area contributed by atoms with E-state index >= 15 is 0 Å². The summed E-state index contributed by atoms with van der Waals surface area (Å²) >= 11 is 0. The van der Waals surface area contributed by atoms with Crippen LogP contribution in [-0.4, -0.2) is 18.1 Å². The van der Waals surface area contributed by atoms with Crippen LogP contribution in [0.25, 0.3) is 0 Å². The van der Waals surface area contributed by atoms with Crippen LogP contribution < -0.4 is 4.90 Å². The van der Waals surface area contributed by atoms with Gasteiger partial charge < -0.3 is 4.90 Å². The fourth-order valence-corrected chi connectivity index (χ4v) is 2.21. The Hall–Kier alpha value is -1.05. The third-order valence-corrected chi connectivity index (χ3v) is 3.43. The minimum Gasteiger partial charge on any atom is -0.370 e. The van der Waals surface area contributed by atoms with Gasteiger partial charge in [0.25, 0.3) is 0 Å². The van der Waals surface area contributed by atoms with Crippen molar-refractivity contribution in [3.05, 3.63) is 24.0 Å². The van der Waals surface area contributed by atoms with Crippen LogP contribution in [0.3, 0.4) is 0 Å². The molecule has 2 heteroatoms. The van der Waals surface area contributed by atoms with Crippen LogP contribution in [0.5, 0.6) is 0 Å². The Bertz CT molecular complexity index is 316. The number of pyridine rings is 1. The zero-order chi connectivity index (χ0) is 10.8. The number of aromatic nitrogens is 1. The van der Waals surface area contributed by atoms with Crippen molar-refractivity contribution in [2.24, 2.45) is 11.8 Å². The molecule has 0 bridgehead atoms. The lowest BCUT2D eigenvalue weighted by atomic mass is 9.95. The molecule has 1 aromatic rings. The first kappa shape index (κ1) is 10.5. The lowest BCUT2D eigenvalue weighted by Gasteiger charge is -2.19. The molecule has 2 rings (SSSR count). The standard InChI is InChI=1S/C13H20N2/c1-10(2)12-6-7-15(9-12)13-5-4-11(3)14-8-13/h4-5,8,10,12H,6-7,9H2,1-3H3. The minimum absolute atomic E-state index is 0.799. The monoisotopic (exact) mass is 204 g/mol. The minimum atomic E-state index is 0.799. The van der Waals surface area contributed by atoms with E-state index in [-0.39, 0.29) is 0 Å². The van der Waals surface area contributed by atoms with Crippen molar-refractivity contribution >= 4 is 5.69 Å². The summed E-state index contributed by atoms with van der Waals surface area (Å²) in [6.07, 6.45) is 3.32. The molecule has 2 heterocycles. The molecule has 1 aliphatic heterocycles. The summed E-state index contributed by atoms with van der Waals surface area (Å²) in [5.74, 6) is 1.65. The molecule has 0 aromatic carbocycles. The molecule has 82 valence electrons. The van der Waals surface area contributed by atoms with Crippen LogP contribution in [0.1, 0.15) is 26.0 Å². The van der Waals surface area contributed by atoms with Gasteiger partial charge in [-0.2, -0.15) is 0 Å². The Balaban J connectivity index is 2.04. The van der Waals surface area contributed by atoms with Gasteiger partial charge >= 0.3 is 0 Å². The summed E-state index contributed by atoms with van der Waals surface area (Å²) < 4.78 is 0. The fourth-order valence-electron chi connectivity index (χ4n) is 2.21. The molecule has 0 radical (unpaired) electrons. The van der Waals surface area contributed by atoms with Crippen LogP contribution in [0.4, 0.5) is 5.69 Å². The highest BCUT2D eigenvalue weighted by molar-refractivity contribution is 5.45. The Morgan fingerprint density at radius 3 is 2.73 bits per heavy atom. The molecule has 1 atom stereocenters. The molecule has 1 aliphatic rings. The number of nitrogens with zero attached hydrogens (tertiary/aromatic N) is 2. The van der Waals surface area contributed by atoms with Crippen LogP contribution >= 0.6 is 0 Å². The number of hydrogen-bond donors (Lipinski definition) is 0. The second-order valence-corrected chi connectivity index (χ2v) is 4.90. The number of anilines is 1. The van der Waals surface area contributed by atoms with Crippen molar-refractivity contribution < 1.29 is 0 Å². The molecule has 1 saturated heterocycles. The second kappa shape index (κ2) is 4.21. The van der Waals surface area contributed by atoms with Gasteiger partial charge in [0.1, 0.15) is 0 Å². The lowest BCUT2D eigenvalue weighted by molar-refractivity contribution is 0.423. The number of aryl methyl sites for hydroxylation is 1. The highest BCUT2D eigenvalue weighted by Crippen LogP contribution is 2.27. The van der Waals surface area contributed by atoms with Gasteiger partial charge in [-0.25, -0.2) is 0 Å². The molecule has 1 fully saturated rings. The van der Waals surface area contributed by atoms with Crippen LogP contribution in [-0.2, 0) is 0 Å². The van der Waals surface area contributed by atoms with E-state index in [4.69, 9.17) is 0 Å². The summed E-state index contributed by atoms with van der Waals surface area (Å²) in [4.78, 5) is 6.81. The molecule has 1 unspecified atom stereocenters. The maximum Gasteiger partial charge on any atom is 0.0553 e. The first-order chi connectivity index (χ1) is 7.16. The molecule has 15 heavy (non-hydrogen) atoms. The molecule has 2 nitrogen and oxygen atoms in total. The Morgan fingerprint density at radius 2 is 2.20 bits per heavy atom. The van der Waals surface area contributed by atoms with Crippen LogP contribution in [0.2, 0.25) is 0 Å². The van der Waals surface area contributed by atoms with Crippen molar-refractivity contribution in [2.75, 3.05) is 18.0 Å². The van der Waals surface area contributed by atoms with Gasteiger partial charge in [0, 0.05) is 18.8 Å². The van der Waals surface area contributed by atoms with E-state index in [0.29, 0.717) is 0 Å². The van der Waals surface area contributed by atoms with Gasteiger partial charge in [-0.05, 0) is 37.3 Å². The maximum absolute atomic E-state index is 4.35. The predicted molar refractivity (Wildman–Crippen MR) is 64.1 cm³/mol. The third kappa shape index (κ3) is 2.31. The molecule has 0 amide bonds. The molecule has 1 aromatic heterocycles. The Morgan fingerprint density at radius 1 is 1.40 bits per heavy atom. The highest BCUT2D eigenvalue weighted by Gasteiger charge is 2.24. The van der Waals surface area contributed by atoms with Gasteiger partial charge in [0.05, 0.1) is 11.9 Å². The largest absolute Gasteiger partial charge is 0.370 e. The van der Waals surface area contributed by atoms with Crippen molar-refractivity contribution in [3.63, 3.8) is 0 Å². The van der Waals surface area contributed by atoms with Crippen molar-refractivity contribution in [3.8, 4) is 0 Å². The first-order valence-electron chi connectivity index (χ1n) is 5.84. The molecule has 0 saturated carbocycles. The predicted octanol–water partition coefficient (Wildman–Crippen LogP) is 2.87. The Kier molecular flexibility index (Phi) is 2.94. The lowest BCUT2D eigenvalue weighted by Crippen LogP contribution is -2.21. The van der Waals surface area contributed by atoms with Crippen molar-refractivity contribution in [2.45, 2.75) is 27.2 Å². The van der Waals surface area contributed by atoms with Gasteiger partial charge in [-0.1, -0.05) is 13.8 Å². The van der Waals surface area contributed by atoms with E-state index in [1.165, 1.54) is 25.2 Å². The third-order valence-electron chi connectivity index (χ3n) is 3.43. The van der Waals surface area contributed by atoms with Gasteiger partial charge in [0.2, 0.25) is 0 Å². The topological polar surface area (TPSA) is 16.1 Å². The van der Waals surface area contributed by atoms with E-state index in [1.54, 1.807) is 0 Å². The van der Waals surface area contributed by atoms with Crippen molar-refractivity contribution in [1.82, 2.24) is 4.98 Å². The normalized spacial score (nSPS) is 21.3. The van der Waals surface area contributed by atoms with E-state index in [1.807, 2.05) is 13.1 Å². The van der Waals surface area contributed by atoms with Crippen LogP contribution in [0, 0.1) is 18.8 Å². The zero-order valence-corrected chi connectivity index (χ0v) is 9.90. The second-order valence-electron chi connectivity index (χ2n) is 4.90. The average Bonchev–Trinajstić information content (AvgIpc) is 2.68. The first-order valence-corrected chi connectivity index (χ1v) is 5.84. The molecular weight excluding hydrogens is 184 g/mol. The fraction of sp³-hybridized carbons (Fsp3) is 0.615. The smallest absolute Gasteiger partial charge is 0.0553 e. The number of rotatable bonds is 2. The van der Waals surface area contributed by atoms with Gasteiger partial charge in [-0.15, -0.1) is 0 Å². The Labute approximate surface area is 92.3 Å². The van der Waals surface area contributed by atoms with E-state index in [9.17, 15) is 0 Å². The summed E-state index contributed by atoms with van der Waals surface area (Å²) in [5, 5.41) is 0. The quantitative estimate of drug-likeness (QED) is 0.736. The SMILES string of the molecule is Cc1ccc(N2CCC(C(C)C)C2)cn1. The van der Waals surface area contributed by atoms with Gasteiger partial charge in [0.15, 0.2) is 0 Å². The average molecular weight is 204 g/mol. The summed E-state index contributed by atoms with van der Waals surface area (Å²) in [5.41, 5.74) is 2.38. The summed E-state index contributed by atoms with van der Waals surface area (Å²) in [6.45, 7) is 9.06.